The van der Waals surface area contributed by atoms with Crippen molar-refractivity contribution in [3.63, 3.8) is 0 Å². The van der Waals surface area contributed by atoms with Crippen LogP contribution in [0.25, 0.3) is 10.8 Å². The molecule has 0 fully saturated rings. The summed E-state index contributed by atoms with van der Waals surface area (Å²) in [7, 11) is 0. The Bertz CT molecular complexity index is 1260. The molecule has 0 aliphatic rings. The highest BCUT2D eigenvalue weighted by Gasteiger charge is 2.14. The third-order valence-electron chi connectivity index (χ3n) is 4.48. The summed E-state index contributed by atoms with van der Waals surface area (Å²) in [5, 5.41) is 15.3. The minimum absolute atomic E-state index is 0.0648. The summed E-state index contributed by atoms with van der Waals surface area (Å²) < 4.78 is 6.93. The van der Waals surface area contributed by atoms with Gasteiger partial charge in [0.2, 0.25) is 5.75 Å². The van der Waals surface area contributed by atoms with Crippen LogP contribution in [0.15, 0.2) is 77.7 Å². The second-order valence-electron chi connectivity index (χ2n) is 6.35. The molecular formula is C22H15ClN2O4. The molecule has 29 heavy (non-hydrogen) atoms. The van der Waals surface area contributed by atoms with E-state index < -0.39 is 11.5 Å². The average molecular weight is 407 g/mol. The number of carboxylic acids is 1. The van der Waals surface area contributed by atoms with Crippen molar-refractivity contribution in [2.45, 2.75) is 6.54 Å². The fraction of sp³-hybridized carbons (Fsp3) is 0.0455. The van der Waals surface area contributed by atoms with Gasteiger partial charge in [-0.05, 0) is 40.6 Å². The Hall–Kier alpha value is -3.64. The molecule has 3 aromatic carbocycles. The number of aromatic carboxylic acids is 1. The Balaban J connectivity index is 1.68. The molecule has 0 spiro atoms. The summed E-state index contributed by atoms with van der Waals surface area (Å²) in [6.45, 7) is 0.256. The van der Waals surface area contributed by atoms with Crippen molar-refractivity contribution in [3.05, 3.63) is 99.4 Å². The van der Waals surface area contributed by atoms with Crippen LogP contribution in [0.1, 0.15) is 15.9 Å². The highest BCUT2D eigenvalue weighted by atomic mass is 35.5. The molecule has 7 heteroatoms. The smallest absolute Gasteiger partial charge is 0.335 e. The first-order chi connectivity index (χ1) is 14.0. The molecule has 0 aliphatic carbocycles. The number of fused-ring (bicyclic) bond motifs is 1. The lowest BCUT2D eigenvalue weighted by molar-refractivity contribution is 0.0697. The number of hydrogen-bond donors (Lipinski definition) is 1. The summed E-state index contributed by atoms with van der Waals surface area (Å²) in [6.07, 6.45) is 1.36. The van der Waals surface area contributed by atoms with Crippen molar-refractivity contribution >= 4 is 28.3 Å². The number of halogens is 1. The predicted octanol–water partition coefficient (Wildman–Crippen LogP) is 4.59. The summed E-state index contributed by atoms with van der Waals surface area (Å²) >= 11 is 6.14. The first-order valence-electron chi connectivity index (χ1n) is 8.76. The lowest BCUT2D eigenvalue weighted by atomic mass is 10.0. The Kier molecular flexibility index (Phi) is 5.01. The molecular weight excluding hydrogens is 392 g/mol. The van der Waals surface area contributed by atoms with Gasteiger partial charge in [0.1, 0.15) is 10.8 Å². The van der Waals surface area contributed by atoms with Crippen LogP contribution in [0.2, 0.25) is 5.02 Å². The molecule has 1 N–H and O–H groups in total. The number of hydrogen-bond acceptors (Lipinski definition) is 4. The maximum Gasteiger partial charge on any atom is 0.335 e. The second kappa shape index (κ2) is 7.77. The molecule has 0 amide bonds. The molecule has 0 bridgehead atoms. The number of aromatic nitrogens is 2. The SMILES string of the molecule is O=C(O)c1ccc(Oc2c(Cl)cnn(Cc3cccc4ccccc34)c2=O)cc1. The van der Waals surface area contributed by atoms with Crippen molar-refractivity contribution in [1.82, 2.24) is 9.78 Å². The van der Waals surface area contributed by atoms with Gasteiger partial charge in [-0.1, -0.05) is 54.1 Å². The largest absolute Gasteiger partial charge is 0.478 e. The highest BCUT2D eigenvalue weighted by molar-refractivity contribution is 6.31. The molecule has 144 valence electrons. The predicted molar refractivity (Wildman–Crippen MR) is 110 cm³/mol. The average Bonchev–Trinajstić information content (AvgIpc) is 2.73. The molecule has 4 rings (SSSR count). The van der Waals surface area contributed by atoms with E-state index >= 15 is 0 Å². The zero-order valence-corrected chi connectivity index (χ0v) is 15.8. The van der Waals surface area contributed by atoms with Crippen LogP contribution >= 0.6 is 11.6 Å². The van der Waals surface area contributed by atoms with Crippen molar-refractivity contribution in [1.29, 1.82) is 0 Å². The third kappa shape index (κ3) is 3.83. The second-order valence-corrected chi connectivity index (χ2v) is 6.76. The fourth-order valence-corrected chi connectivity index (χ4v) is 3.19. The van der Waals surface area contributed by atoms with E-state index in [0.29, 0.717) is 5.75 Å². The van der Waals surface area contributed by atoms with E-state index in [0.717, 1.165) is 16.3 Å². The molecule has 0 saturated heterocycles. The van der Waals surface area contributed by atoms with Gasteiger partial charge in [0, 0.05) is 0 Å². The summed E-state index contributed by atoms with van der Waals surface area (Å²) in [4.78, 5) is 23.9. The van der Waals surface area contributed by atoms with Crippen LogP contribution in [-0.2, 0) is 6.54 Å². The molecule has 0 saturated carbocycles. The topological polar surface area (TPSA) is 81.4 Å². The van der Waals surface area contributed by atoms with E-state index in [1.165, 1.54) is 35.1 Å². The number of benzene rings is 3. The lowest BCUT2D eigenvalue weighted by Crippen LogP contribution is -2.24. The first kappa shape index (κ1) is 18.7. The van der Waals surface area contributed by atoms with E-state index in [2.05, 4.69) is 5.10 Å². The highest BCUT2D eigenvalue weighted by Crippen LogP contribution is 2.26. The monoisotopic (exact) mass is 406 g/mol. The molecule has 1 aromatic heterocycles. The Morgan fingerprint density at radius 1 is 1.03 bits per heavy atom. The van der Waals surface area contributed by atoms with Crippen molar-refractivity contribution in [2.24, 2.45) is 0 Å². The number of carboxylic acid groups (broad SMARTS) is 1. The van der Waals surface area contributed by atoms with Gasteiger partial charge in [-0.3, -0.25) is 4.79 Å². The standard InChI is InChI=1S/C22H15ClN2O4/c23-19-12-24-25(13-16-6-3-5-14-4-1-2-7-18(14)16)21(26)20(19)29-17-10-8-15(9-11-17)22(27)28/h1-12H,13H2,(H,27,28). The van der Waals surface area contributed by atoms with Gasteiger partial charge in [0.05, 0.1) is 18.3 Å². The minimum atomic E-state index is -1.05. The van der Waals surface area contributed by atoms with E-state index in [1.54, 1.807) is 0 Å². The van der Waals surface area contributed by atoms with Crippen LogP contribution in [0.3, 0.4) is 0 Å². The Labute approximate surface area is 170 Å². The Morgan fingerprint density at radius 3 is 2.52 bits per heavy atom. The third-order valence-corrected chi connectivity index (χ3v) is 4.75. The van der Waals surface area contributed by atoms with E-state index in [1.807, 2.05) is 42.5 Å². The van der Waals surface area contributed by atoms with Crippen LogP contribution in [-0.4, -0.2) is 20.9 Å². The van der Waals surface area contributed by atoms with E-state index in [9.17, 15) is 9.59 Å². The van der Waals surface area contributed by atoms with Crippen LogP contribution in [0.4, 0.5) is 0 Å². The van der Waals surface area contributed by atoms with Crippen molar-refractivity contribution < 1.29 is 14.6 Å². The molecule has 6 nitrogen and oxygen atoms in total. The van der Waals surface area contributed by atoms with Crippen LogP contribution < -0.4 is 10.3 Å². The fourth-order valence-electron chi connectivity index (χ4n) is 3.03. The summed E-state index contributed by atoms with van der Waals surface area (Å²) in [5.41, 5.74) is 0.580. The number of carbonyl (C=O) groups is 1. The summed E-state index contributed by atoms with van der Waals surface area (Å²) in [5.74, 6) is -0.808. The molecule has 0 unspecified atom stereocenters. The lowest BCUT2D eigenvalue weighted by Gasteiger charge is -2.11. The molecule has 1 heterocycles. The van der Waals surface area contributed by atoms with Gasteiger partial charge < -0.3 is 9.84 Å². The van der Waals surface area contributed by atoms with Gasteiger partial charge >= 0.3 is 11.5 Å². The van der Waals surface area contributed by atoms with Gasteiger partial charge in [0.15, 0.2) is 0 Å². The maximum atomic E-state index is 12.9. The molecule has 0 radical (unpaired) electrons. The van der Waals surface area contributed by atoms with E-state index in [4.69, 9.17) is 21.4 Å². The molecule has 4 aromatic rings. The van der Waals surface area contributed by atoms with Gasteiger partial charge in [-0.25, -0.2) is 9.48 Å². The maximum absolute atomic E-state index is 12.9. The van der Waals surface area contributed by atoms with Crippen molar-refractivity contribution in [2.75, 3.05) is 0 Å². The molecule has 0 atom stereocenters. The molecule has 0 aliphatic heterocycles. The zero-order valence-electron chi connectivity index (χ0n) is 15.1. The van der Waals surface area contributed by atoms with Gasteiger partial charge in [-0.15, -0.1) is 0 Å². The number of ether oxygens (including phenoxy) is 1. The van der Waals surface area contributed by atoms with Crippen LogP contribution in [0, 0.1) is 0 Å². The first-order valence-corrected chi connectivity index (χ1v) is 9.14. The van der Waals surface area contributed by atoms with Gasteiger partial charge in [0.25, 0.3) is 0 Å². The van der Waals surface area contributed by atoms with Gasteiger partial charge in [-0.2, -0.15) is 5.10 Å². The van der Waals surface area contributed by atoms with Crippen molar-refractivity contribution in [3.8, 4) is 11.5 Å². The number of rotatable bonds is 5. The number of nitrogens with zero attached hydrogens (tertiary/aromatic N) is 2. The van der Waals surface area contributed by atoms with Crippen LogP contribution in [0.5, 0.6) is 11.5 Å². The van der Waals surface area contributed by atoms with E-state index in [-0.39, 0.29) is 22.9 Å². The summed E-state index contributed by atoms with van der Waals surface area (Å²) in [6, 6.07) is 19.5. The zero-order chi connectivity index (χ0) is 20.4. The quantitative estimate of drug-likeness (QED) is 0.524. The minimum Gasteiger partial charge on any atom is -0.478 e. The Morgan fingerprint density at radius 2 is 1.76 bits per heavy atom. The normalized spacial score (nSPS) is 10.8.